The highest BCUT2D eigenvalue weighted by atomic mass is 16.2. The predicted octanol–water partition coefficient (Wildman–Crippen LogP) is 1.85. The van der Waals surface area contributed by atoms with E-state index in [9.17, 15) is 4.79 Å². The minimum Gasteiger partial charge on any atom is -0.395 e. The Morgan fingerprint density at radius 3 is 2.30 bits per heavy atom. The molecule has 4 fully saturated rings. The molecule has 4 aliphatic carbocycles. The van der Waals surface area contributed by atoms with E-state index in [1.54, 1.807) is 0 Å². The number of anilines is 1. The van der Waals surface area contributed by atoms with E-state index in [4.69, 9.17) is 5.73 Å². The van der Waals surface area contributed by atoms with Gasteiger partial charge in [-0.2, -0.15) is 5.10 Å². The molecule has 5 heteroatoms. The number of H-pyrrole nitrogens is 1. The van der Waals surface area contributed by atoms with Gasteiger partial charge in [-0.1, -0.05) is 0 Å². The number of aromatic amines is 1. The molecule has 4 bridgehead atoms. The molecule has 5 nitrogen and oxygen atoms in total. The van der Waals surface area contributed by atoms with Gasteiger partial charge < -0.3 is 11.1 Å². The molecule has 5 rings (SSSR count). The molecule has 0 atom stereocenters. The van der Waals surface area contributed by atoms with Crippen molar-refractivity contribution >= 4 is 11.6 Å². The van der Waals surface area contributed by atoms with Gasteiger partial charge in [-0.05, 0) is 62.7 Å². The molecular formula is C15H22N4O. The summed E-state index contributed by atoms with van der Waals surface area (Å²) in [5.74, 6) is 3.09. The van der Waals surface area contributed by atoms with Gasteiger partial charge in [0.25, 0.3) is 5.91 Å². The summed E-state index contributed by atoms with van der Waals surface area (Å²) in [6.45, 7) is 1.84. The molecule has 4 aliphatic rings. The maximum atomic E-state index is 12.4. The summed E-state index contributed by atoms with van der Waals surface area (Å²) < 4.78 is 0. The fourth-order valence-corrected chi connectivity index (χ4v) is 4.99. The smallest absolute Gasteiger partial charge is 0.274 e. The number of rotatable bonds is 2. The van der Waals surface area contributed by atoms with Crippen molar-refractivity contribution in [3.8, 4) is 0 Å². The first-order chi connectivity index (χ1) is 9.61. The largest absolute Gasteiger partial charge is 0.395 e. The van der Waals surface area contributed by atoms with Crippen LogP contribution in [0.25, 0.3) is 0 Å². The van der Waals surface area contributed by atoms with Gasteiger partial charge in [-0.25, -0.2) is 0 Å². The number of aromatic nitrogens is 2. The van der Waals surface area contributed by atoms with Crippen LogP contribution in [0.5, 0.6) is 0 Å². The van der Waals surface area contributed by atoms with E-state index >= 15 is 0 Å². The molecule has 4 N–H and O–H groups in total. The van der Waals surface area contributed by atoms with Gasteiger partial charge in [-0.3, -0.25) is 9.89 Å². The van der Waals surface area contributed by atoms with E-state index in [0.29, 0.717) is 29.3 Å². The van der Waals surface area contributed by atoms with Crippen LogP contribution in [0.1, 0.15) is 48.3 Å². The monoisotopic (exact) mass is 274 g/mol. The minimum absolute atomic E-state index is 0.107. The lowest BCUT2D eigenvalue weighted by Crippen LogP contribution is -2.55. The number of nitrogens with two attached hydrogens (primary N) is 1. The van der Waals surface area contributed by atoms with E-state index < -0.39 is 0 Å². The zero-order chi connectivity index (χ0) is 13.9. The number of amides is 1. The summed E-state index contributed by atoms with van der Waals surface area (Å²) in [5, 5.41) is 10.1. The lowest BCUT2D eigenvalue weighted by Gasteiger charge is -2.54. The highest BCUT2D eigenvalue weighted by Gasteiger charge is 2.48. The molecule has 0 aliphatic heterocycles. The van der Waals surface area contributed by atoms with Crippen molar-refractivity contribution < 1.29 is 4.79 Å². The maximum Gasteiger partial charge on any atom is 0.274 e. The number of carbonyl (C=O) groups excluding carboxylic acids is 1. The van der Waals surface area contributed by atoms with Crippen LogP contribution in [0.2, 0.25) is 0 Å². The standard InChI is InChI=1S/C15H22N4O/c1-7-12(16)14(19-18-7)15(20)17-13-10-3-8-2-9(5-10)6-11(13)4-8/h8-11,13H,2-6,16H2,1H3,(H,17,20)(H,18,19). The van der Waals surface area contributed by atoms with Crippen LogP contribution in [0.15, 0.2) is 0 Å². The van der Waals surface area contributed by atoms with Gasteiger partial charge >= 0.3 is 0 Å². The van der Waals surface area contributed by atoms with Crippen LogP contribution in [0.4, 0.5) is 5.69 Å². The number of hydrogen-bond donors (Lipinski definition) is 3. The molecule has 20 heavy (non-hydrogen) atoms. The Hall–Kier alpha value is -1.52. The Bertz CT molecular complexity index is 522. The van der Waals surface area contributed by atoms with Gasteiger partial charge in [-0.15, -0.1) is 0 Å². The van der Waals surface area contributed by atoms with Crippen LogP contribution in [0, 0.1) is 30.6 Å². The molecule has 1 aromatic rings. The van der Waals surface area contributed by atoms with Crippen molar-refractivity contribution in [2.45, 2.75) is 45.1 Å². The average molecular weight is 274 g/mol. The van der Waals surface area contributed by atoms with Crippen molar-refractivity contribution in [1.29, 1.82) is 0 Å². The van der Waals surface area contributed by atoms with E-state index in [-0.39, 0.29) is 5.91 Å². The van der Waals surface area contributed by atoms with Crippen molar-refractivity contribution in [3.05, 3.63) is 11.4 Å². The van der Waals surface area contributed by atoms with Gasteiger partial charge in [0.1, 0.15) is 0 Å². The quantitative estimate of drug-likeness (QED) is 0.769. The van der Waals surface area contributed by atoms with Gasteiger partial charge in [0.15, 0.2) is 5.69 Å². The third kappa shape index (κ3) is 1.75. The second kappa shape index (κ2) is 4.24. The zero-order valence-electron chi connectivity index (χ0n) is 11.9. The molecule has 1 heterocycles. The van der Waals surface area contributed by atoms with Gasteiger partial charge in [0, 0.05) is 6.04 Å². The fraction of sp³-hybridized carbons (Fsp3) is 0.733. The highest BCUT2D eigenvalue weighted by Crippen LogP contribution is 2.53. The average Bonchev–Trinajstić information content (AvgIpc) is 2.73. The van der Waals surface area contributed by atoms with Crippen molar-refractivity contribution in [1.82, 2.24) is 15.5 Å². The third-order valence-electron chi connectivity index (χ3n) is 5.73. The Morgan fingerprint density at radius 2 is 1.80 bits per heavy atom. The first kappa shape index (κ1) is 12.2. The lowest BCUT2D eigenvalue weighted by atomic mass is 9.54. The summed E-state index contributed by atoms with van der Waals surface area (Å²) in [6.07, 6.45) is 6.62. The second-order valence-corrected chi connectivity index (χ2v) is 7.04. The van der Waals surface area contributed by atoms with E-state index in [2.05, 4.69) is 15.5 Å². The van der Waals surface area contributed by atoms with Crippen LogP contribution in [-0.2, 0) is 0 Å². The van der Waals surface area contributed by atoms with E-state index in [0.717, 1.165) is 17.5 Å². The van der Waals surface area contributed by atoms with Gasteiger partial charge in [0.05, 0.1) is 11.4 Å². The summed E-state index contributed by atoms with van der Waals surface area (Å²) in [6, 6.07) is 0.340. The maximum absolute atomic E-state index is 12.4. The van der Waals surface area contributed by atoms with Crippen molar-refractivity contribution in [3.63, 3.8) is 0 Å². The molecular weight excluding hydrogens is 252 g/mol. The van der Waals surface area contributed by atoms with Crippen LogP contribution in [-0.4, -0.2) is 22.1 Å². The zero-order valence-corrected chi connectivity index (χ0v) is 11.9. The second-order valence-electron chi connectivity index (χ2n) is 7.04. The Morgan fingerprint density at radius 1 is 1.20 bits per heavy atom. The number of hydrogen-bond acceptors (Lipinski definition) is 3. The molecule has 0 aromatic carbocycles. The predicted molar refractivity (Wildman–Crippen MR) is 76.0 cm³/mol. The summed E-state index contributed by atoms with van der Waals surface area (Å²) in [7, 11) is 0. The van der Waals surface area contributed by atoms with Crippen LogP contribution < -0.4 is 11.1 Å². The molecule has 1 amide bonds. The molecule has 0 radical (unpaired) electrons. The molecule has 1 aromatic heterocycles. The summed E-state index contributed by atoms with van der Waals surface area (Å²) in [4.78, 5) is 12.4. The summed E-state index contributed by atoms with van der Waals surface area (Å²) >= 11 is 0. The number of nitrogen functional groups attached to an aromatic ring is 1. The SMILES string of the molecule is Cc1[nH]nc(C(=O)NC2C3CC4CC(C3)CC2C4)c1N. The third-order valence-corrected chi connectivity index (χ3v) is 5.73. The van der Waals surface area contributed by atoms with Crippen LogP contribution in [0.3, 0.4) is 0 Å². The number of nitrogens with one attached hydrogen (secondary N) is 2. The highest BCUT2D eigenvalue weighted by molar-refractivity contribution is 5.97. The molecule has 108 valence electrons. The molecule has 4 saturated carbocycles. The Labute approximate surface area is 118 Å². The Balaban J connectivity index is 1.52. The number of carbonyl (C=O) groups is 1. The summed E-state index contributed by atoms with van der Waals surface area (Å²) in [5.41, 5.74) is 7.50. The normalized spacial score (nSPS) is 38.1. The lowest BCUT2D eigenvalue weighted by molar-refractivity contribution is -0.0120. The topological polar surface area (TPSA) is 83.8 Å². The first-order valence-corrected chi connectivity index (χ1v) is 7.73. The Kier molecular flexibility index (Phi) is 2.59. The van der Waals surface area contributed by atoms with Crippen LogP contribution >= 0.6 is 0 Å². The molecule has 0 unspecified atom stereocenters. The van der Waals surface area contributed by atoms with E-state index in [1.165, 1.54) is 32.1 Å². The molecule has 0 saturated heterocycles. The van der Waals surface area contributed by atoms with Gasteiger partial charge in [0.2, 0.25) is 0 Å². The number of aryl methyl sites for hydroxylation is 1. The molecule has 0 spiro atoms. The first-order valence-electron chi connectivity index (χ1n) is 7.73. The number of nitrogens with zero attached hydrogens (tertiary/aromatic N) is 1. The van der Waals surface area contributed by atoms with Crippen molar-refractivity contribution in [2.75, 3.05) is 5.73 Å². The minimum atomic E-state index is -0.107. The van der Waals surface area contributed by atoms with Crippen molar-refractivity contribution in [2.24, 2.45) is 23.7 Å². The fourth-order valence-electron chi connectivity index (χ4n) is 4.99. The van der Waals surface area contributed by atoms with E-state index in [1.807, 2.05) is 6.92 Å².